The lowest BCUT2D eigenvalue weighted by atomic mass is 10.2. The van der Waals surface area contributed by atoms with Gasteiger partial charge < -0.3 is 0 Å². The number of carbonyl (C=O) groups is 1. The Morgan fingerprint density at radius 2 is 1.82 bits per heavy atom. The number of carbonyl (C=O) groups excluding carboxylic acids is 1. The molecule has 9 heteroatoms. The molecule has 1 heterocycles. The second-order valence-electron chi connectivity index (χ2n) is 4.52. The predicted molar refractivity (Wildman–Crippen MR) is 85.0 cm³/mol. The monoisotopic (exact) mass is 358 g/mol. The Labute approximate surface area is 135 Å². The molecule has 2 rings (SSSR count). The van der Waals surface area contributed by atoms with Crippen molar-refractivity contribution in [2.24, 2.45) is 0 Å². The molecule has 118 valence electrons. The average molecular weight is 358 g/mol. The van der Waals surface area contributed by atoms with Crippen molar-refractivity contribution in [3.8, 4) is 0 Å². The second kappa shape index (κ2) is 6.27. The van der Waals surface area contributed by atoms with Crippen LogP contribution in [0.2, 0.25) is 0 Å². The molecule has 0 spiro atoms. The smallest absolute Gasteiger partial charge is 0.268 e. The molecule has 1 atom stereocenters. The van der Waals surface area contributed by atoms with Gasteiger partial charge in [0.05, 0.1) is 10.7 Å². The highest BCUT2D eigenvalue weighted by Gasteiger charge is 2.23. The fraction of sp³-hybridized carbons (Fsp3) is 0.231. The largest absolute Gasteiger partial charge is 0.275 e. The Bertz CT molecular complexity index is 839. The normalized spacial score (nSPS) is 12.9. The first-order valence-electron chi connectivity index (χ1n) is 6.15. The van der Waals surface area contributed by atoms with Gasteiger partial charge in [0.25, 0.3) is 15.9 Å². The molecule has 0 aliphatic heterocycles. The van der Waals surface area contributed by atoms with E-state index in [-0.39, 0.29) is 9.77 Å². The molecule has 1 N–H and O–H groups in total. The van der Waals surface area contributed by atoms with Crippen LogP contribution in [0.4, 0.5) is 0 Å². The third-order valence-corrected chi connectivity index (χ3v) is 6.73. The molecule has 1 aromatic heterocycles. The van der Waals surface area contributed by atoms with Crippen LogP contribution in [0.5, 0.6) is 0 Å². The highest BCUT2D eigenvalue weighted by atomic mass is 32.2. The average Bonchev–Trinajstić information content (AvgIpc) is 2.78. The van der Waals surface area contributed by atoms with Gasteiger partial charge in [0.15, 0.2) is 4.21 Å². The fourth-order valence-corrected chi connectivity index (χ4v) is 4.77. The molecule has 0 saturated heterocycles. The van der Waals surface area contributed by atoms with Crippen molar-refractivity contribution in [1.82, 2.24) is 9.71 Å². The summed E-state index contributed by atoms with van der Waals surface area (Å²) in [6.07, 6.45) is 1.52. The standard InChI is InChI=1S/C13H14N2O4S3/c1-8-13(20-9(2)14-8)22(18,19)15-12(16)10-4-6-11(7-5-10)21(3)17/h4-7H,1-3H3,(H,15,16)/t21-/m0/s1. The molecule has 1 aromatic carbocycles. The quantitative estimate of drug-likeness (QED) is 0.896. The molecule has 0 saturated carbocycles. The lowest BCUT2D eigenvalue weighted by Gasteiger charge is -2.06. The van der Waals surface area contributed by atoms with E-state index in [9.17, 15) is 17.4 Å². The molecule has 22 heavy (non-hydrogen) atoms. The predicted octanol–water partition coefficient (Wildman–Crippen LogP) is 1.62. The van der Waals surface area contributed by atoms with Gasteiger partial charge in [0.2, 0.25) is 0 Å². The summed E-state index contributed by atoms with van der Waals surface area (Å²) in [4.78, 5) is 16.7. The van der Waals surface area contributed by atoms with Gasteiger partial charge in [-0.1, -0.05) is 0 Å². The molecule has 2 aromatic rings. The summed E-state index contributed by atoms with van der Waals surface area (Å²) in [6.45, 7) is 3.27. The number of hydrogen-bond donors (Lipinski definition) is 1. The maximum Gasteiger partial charge on any atom is 0.275 e. The van der Waals surface area contributed by atoms with Crippen molar-refractivity contribution in [2.45, 2.75) is 23.0 Å². The number of rotatable bonds is 4. The Kier molecular flexibility index (Phi) is 4.78. The Balaban J connectivity index is 2.24. The summed E-state index contributed by atoms with van der Waals surface area (Å²) < 4.78 is 37.8. The van der Waals surface area contributed by atoms with E-state index in [0.717, 1.165) is 11.3 Å². The maximum atomic E-state index is 12.2. The van der Waals surface area contributed by atoms with Crippen LogP contribution in [-0.2, 0) is 20.8 Å². The van der Waals surface area contributed by atoms with E-state index >= 15 is 0 Å². The number of aromatic nitrogens is 1. The van der Waals surface area contributed by atoms with Crippen molar-refractivity contribution in [2.75, 3.05) is 6.26 Å². The number of thiazole rings is 1. The molecular weight excluding hydrogens is 344 g/mol. The van der Waals surface area contributed by atoms with Crippen molar-refractivity contribution >= 4 is 38.1 Å². The first-order chi connectivity index (χ1) is 10.2. The zero-order valence-corrected chi connectivity index (χ0v) is 14.6. The van der Waals surface area contributed by atoms with Crippen LogP contribution < -0.4 is 4.72 Å². The van der Waals surface area contributed by atoms with Crippen LogP contribution in [-0.4, -0.2) is 29.8 Å². The first-order valence-corrected chi connectivity index (χ1v) is 10.0. The topological polar surface area (TPSA) is 93.2 Å². The number of aryl methyl sites for hydroxylation is 2. The van der Waals surface area contributed by atoms with E-state index in [2.05, 4.69) is 4.98 Å². The van der Waals surface area contributed by atoms with Gasteiger partial charge in [0.1, 0.15) is 0 Å². The van der Waals surface area contributed by atoms with Crippen molar-refractivity contribution in [3.63, 3.8) is 0 Å². The van der Waals surface area contributed by atoms with Crippen LogP contribution in [0.1, 0.15) is 21.1 Å². The van der Waals surface area contributed by atoms with Gasteiger partial charge >= 0.3 is 0 Å². The van der Waals surface area contributed by atoms with E-state index in [1.54, 1.807) is 13.8 Å². The van der Waals surface area contributed by atoms with Gasteiger partial charge in [-0.15, -0.1) is 11.3 Å². The highest BCUT2D eigenvalue weighted by molar-refractivity contribution is 7.92. The van der Waals surface area contributed by atoms with Gasteiger partial charge in [-0.25, -0.2) is 18.1 Å². The third kappa shape index (κ3) is 3.60. The minimum atomic E-state index is -3.95. The van der Waals surface area contributed by atoms with Gasteiger partial charge in [-0.05, 0) is 38.1 Å². The fourth-order valence-electron chi connectivity index (χ4n) is 1.79. The number of benzene rings is 1. The molecule has 0 radical (unpaired) electrons. The SMILES string of the molecule is Cc1nc(C)c(S(=O)(=O)NC(=O)c2ccc([S@](C)=O)cc2)s1. The van der Waals surface area contributed by atoms with Gasteiger partial charge in [0, 0.05) is 27.5 Å². The number of sulfonamides is 1. The Morgan fingerprint density at radius 1 is 1.23 bits per heavy atom. The van der Waals surface area contributed by atoms with Crippen LogP contribution in [0, 0.1) is 13.8 Å². The van der Waals surface area contributed by atoms with Crippen molar-refractivity contribution < 1.29 is 17.4 Å². The number of nitrogens with one attached hydrogen (secondary N) is 1. The molecular formula is C13H14N2O4S3. The molecule has 6 nitrogen and oxygen atoms in total. The van der Waals surface area contributed by atoms with E-state index < -0.39 is 26.7 Å². The second-order valence-corrected chi connectivity index (χ2v) is 8.98. The lowest BCUT2D eigenvalue weighted by molar-refractivity contribution is 0.0981. The van der Waals surface area contributed by atoms with Crippen LogP contribution in [0.3, 0.4) is 0 Å². The number of amides is 1. The van der Waals surface area contributed by atoms with Crippen LogP contribution in [0.15, 0.2) is 33.4 Å². The molecule has 0 fully saturated rings. The van der Waals surface area contributed by atoms with Gasteiger partial charge in [-0.2, -0.15) is 0 Å². The van der Waals surface area contributed by atoms with Crippen molar-refractivity contribution in [3.05, 3.63) is 40.5 Å². The summed E-state index contributed by atoms with van der Waals surface area (Å²) in [5, 5.41) is 0.611. The highest BCUT2D eigenvalue weighted by Crippen LogP contribution is 2.22. The summed E-state index contributed by atoms with van der Waals surface area (Å²) in [5.74, 6) is -0.737. The molecule has 0 aliphatic carbocycles. The number of hydrogen-bond acceptors (Lipinski definition) is 6. The summed E-state index contributed by atoms with van der Waals surface area (Å²) >= 11 is 1.01. The van der Waals surface area contributed by atoms with E-state index in [1.807, 2.05) is 4.72 Å². The molecule has 0 aliphatic rings. The third-order valence-electron chi connectivity index (χ3n) is 2.78. The molecule has 0 bridgehead atoms. The van der Waals surface area contributed by atoms with E-state index in [0.29, 0.717) is 15.6 Å². The van der Waals surface area contributed by atoms with Gasteiger partial charge in [-0.3, -0.25) is 9.00 Å². The minimum Gasteiger partial charge on any atom is -0.268 e. The maximum absolute atomic E-state index is 12.2. The zero-order valence-electron chi connectivity index (χ0n) is 12.1. The first kappa shape index (κ1) is 16.8. The summed E-state index contributed by atoms with van der Waals surface area (Å²) in [6, 6.07) is 5.93. The zero-order chi connectivity index (χ0) is 16.5. The molecule has 0 unspecified atom stereocenters. The Morgan fingerprint density at radius 3 is 2.27 bits per heavy atom. The lowest BCUT2D eigenvalue weighted by Crippen LogP contribution is -2.30. The van der Waals surface area contributed by atoms with Crippen LogP contribution >= 0.6 is 11.3 Å². The van der Waals surface area contributed by atoms with Crippen LogP contribution in [0.25, 0.3) is 0 Å². The number of nitrogens with zero attached hydrogens (tertiary/aromatic N) is 1. The van der Waals surface area contributed by atoms with Crippen molar-refractivity contribution in [1.29, 1.82) is 0 Å². The van der Waals surface area contributed by atoms with E-state index in [4.69, 9.17) is 0 Å². The summed E-state index contributed by atoms with van der Waals surface area (Å²) in [5.41, 5.74) is 0.538. The molecule has 1 amide bonds. The Hall–Kier alpha value is -1.58. The van der Waals surface area contributed by atoms with E-state index in [1.165, 1.54) is 30.5 Å². The summed E-state index contributed by atoms with van der Waals surface area (Å²) in [7, 11) is -5.10. The minimum absolute atomic E-state index is 0.0321.